The molecule has 1 amide bonds. The van der Waals surface area contributed by atoms with Gasteiger partial charge in [0.25, 0.3) is 0 Å². The van der Waals surface area contributed by atoms with Crippen molar-refractivity contribution in [2.75, 3.05) is 25.1 Å². The van der Waals surface area contributed by atoms with Gasteiger partial charge in [-0.2, -0.15) is 35.1 Å². The number of carbonyl (C=O) groups excluding carboxylic acids is 1. The molecule has 1 aromatic heterocycles. The first kappa shape index (κ1) is 32.1. The maximum absolute atomic E-state index is 13.2. The van der Waals surface area contributed by atoms with Gasteiger partial charge in [0, 0.05) is 41.9 Å². The van der Waals surface area contributed by atoms with Crippen LogP contribution in [0.25, 0.3) is 11.3 Å². The molecule has 3 rings (SSSR count). The van der Waals surface area contributed by atoms with Crippen molar-refractivity contribution in [3.8, 4) is 17.0 Å². The van der Waals surface area contributed by atoms with Crippen LogP contribution in [0.15, 0.2) is 53.9 Å². The van der Waals surface area contributed by atoms with Gasteiger partial charge in [-0.15, -0.1) is 11.3 Å². The molecule has 2 aromatic carbocycles. The van der Waals surface area contributed by atoms with Crippen LogP contribution in [0.1, 0.15) is 42.2 Å². The van der Waals surface area contributed by atoms with Crippen LogP contribution in [0, 0.1) is 0 Å². The molecule has 0 saturated heterocycles. The van der Waals surface area contributed by atoms with E-state index >= 15 is 0 Å². The summed E-state index contributed by atoms with van der Waals surface area (Å²) in [5.74, 6) is -5.45. The number of hydrogen-bond donors (Lipinski definition) is 1. The van der Waals surface area contributed by atoms with Gasteiger partial charge in [-0.05, 0) is 54.8 Å². The van der Waals surface area contributed by atoms with E-state index in [2.05, 4.69) is 4.98 Å². The number of methoxy groups -OCH3 is 1. The van der Waals surface area contributed by atoms with Crippen LogP contribution in [0.2, 0.25) is 0 Å². The van der Waals surface area contributed by atoms with Gasteiger partial charge in [0.1, 0.15) is 17.3 Å². The van der Waals surface area contributed by atoms with Crippen LogP contribution in [0.4, 0.5) is 40.8 Å². The second kappa shape index (κ2) is 13.0. The lowest BCUT2D eigenvalue weighted by Gasteiger charge is -2.27. The Morgan fingerprint density at radius 3 is 2.15 bits per heavy atom. The van der Waals surface area contributed by atoms with Crippen molar-refractivity contribution in [2.24, 2.45) is 5.73 Å². The standard InChI is InChI=1S/C27H27F8N3O2S/c1-40-20-10-6-18(7-11-20)22-15-41-24(37-22)21(14-23(36)39)17-4-8-19(9-5-17)38(16-26(30,31)32)13-3-2-12-25(28,29)27(33,34)35/h4-11,15,21H,2-3,12-14,16H2,1H3,(H2,36,39). The van der Waals surface area contributed by atoms with Gasteiger partial charge in [-0.1, -0.05) is 12.1 Å². The molecule has 0 saturated carbocycles. The summed E-state index contributed by atoms with van der Waals surface area (Å²) >= 11 is 1.28. The fraction of sp³-hybridized carbons (Fsp3) is 0.407. The van der Waals surface area contributed by atoms with E-state index in [9.17, 15) is 39.9 Å². The maximum atomic E-state index is 13.2. The van der Waals surface area contributed by atoms with Gasteiger partial charge in [-0.25, -0.2) is 4.98 Å². The van der Waals surface area contributed by atoms with Crippen molar-refractivity contribution in [3.63, 3.8) is 0 Å². The number of thiazole rings is 1. The smallest absolute Gasteiger partial charge is 0.453 e. The number of hydrogen-bond acceptors (Lipinski definition) is 5. The molecule has 0 aliphatic heterocycles. The summed E-state index contributed by atoms with van der Waals surface area (Å²) < 4.78 is 108. The number of unbranched alkanes of at least 4 members (excludes halogenated alkanes) is 1. The quantitative estimate of drug-likeness (QED) is 0.160. The first-order chi connectivity index (χ1) is 19.1. The second-order valence-corrected chi connectivity index (χ2v) is 10.2. The third kappa shape index (κ3) is 9.03. The van der Waals surface area contributed by atoms with Gasteiger partial charge in [0.2, 0.25) is 5.91 Å². The van der Waals surface area contributed by atoms with E-state index in [-0.39, 0.29) is 18.5 Å². The Labute approximate surface area is 234 Å². The number of nitrogens with zero attached hydrogens (tertiary/aromatic N) is 2. The number of rotatable bonds is 13. The number of aromatic nitrogens is 1. The van der Waals surface area contributed by atoms with Crippen molar-refractivity contribution in [1.82, 2.24) is 4.98 Å². The van der Waals surface area contributed by atoms with Crippen LogP contribution in [-0.4, -0.2) is 49.4 Å². The molecule has 2 N–H and O–H groups in total. The Morgan fingerprint density at radius 1 is 0.976 bits per heavy atom. The zero-order valence-corrected chi connectivity index (χ0v) is 22.6. The summed E-state index contributed by atoms with van der Waals surface area (Å²) in [6.45, 7) is -1.82. The first-order valence-electron chi connectivity index (χ1n) is 12.3. The highest BCUT2D eigenvalue weighted by molar-refractivity contribution is 7.10. The number of primary amides is 1. The molecule has 1 heterocycles. The SMILES string of the molecule is COc1ccc(-c2csc(C(CC(N)=O)c3ccc(N(CCCCC(F)(F)C(F)(F)F)CC(F)(F)F)cc3)n2)cc1. The van der Waals surface area contributed by atoms with Gasteiger partial charge in [0.15, 0.2) is 0 Å². The van der Waals surface area contributed by atoms with Crippen molar-refractivity contribution in [1.29, 1.82) is 0 Å². The lowest BCUT2D eigenvalue weighted by atomic mass is 9.95. The van der Waals surface area contributed by atoms with Crippen LogP contribution in [0.3, 0.4) is 0 Å². The van der Waals surface area contributed by atoms with Crippen molar-refractivity contribution in [3.05, 3.63) is 64.5 Å². The fourth-order valence-corrected chi connectivity index (χ4v) is 5.07. The van der Waals surface area contributed by atoms with E-state index in [1.807, 2.05) is 12.1 Å². The molecule has 0 aliphatic carbocycles. The zero-order chi connectivity index (χ0) is 30.4. The number of ether oxygens (including phenoxy) is 1. The van der Waals surface area contributed by atoms with Gasteiger partial charge in [0.05, 0.1) is 12.8 Å². The number of halogens is 8. The number of anilines is 1. The molecule has 0 bridgehead atoms. The Balaban J connectivity index is 1.78. The molecule has 5 nitrogen and oxygen atoms in total. The van der Waals surface area contributed by atoms with Crippen LogP contribution < -0.4 is 15.4 Å². The molecule has 14 heteroatoms. The molecule has 224 valence electrons. The Morgan fingerprint density at radius 2 is 1.61 bits per heavy atom. The minimum atomic E-state index is -5.72. The predicted octanol–water partition coefficient (Wildman–Crippen LogP) is 7.56. The van der Waals surface area contributed by atoms with Crippen molar-refractivity contribution < 1.29 is 44.7 Å². The van der Waals surface area contributed by atoms with Crippen LogP contribution in [-0.2, 0) is 4.79 Å². The summed E-state index contributed by atoms with van der Waals surface area (Å²) in [6, 6.07) is 12.9. The lowest BCUT2D eigenvalue weighted by molar-refractivity contribution is -0.284. The van der Waals surface area contributed by atoms with E-state index in [1.165, 1.54) is 42.7 Å². The molecule has 0 fully saturated rings. The third-order valence-electron chi connectivity index (χ3n) is 6.23. The maximum Gasteiger partial charge on any atom is 0.453 e. The summed E-state index contributed by atoms with van der Waals surface area (Å²) in [5, 5.41) is 2.35. The molecule has 0 radical (unpaired) electrons. The largest absolute Gasteiger partial charge is 0.497 e. The molecule has 1 atom stereocenters. The van der Waals surface area contributed by atoms with E-state index in [4.69, 9.17) is 10.5 Å². The number of amides is 1. The average Bonchev–Trinajstić information content (AvgIpc) is 3.38. The Kier molecular flexibility index (Phi) is 10.2. The Hall–Kier alpha value is -3.42. The molecule has 3 aromatic rings. The minimum absolute atomic E-state index is 0.0875. The molecule has 0 spiro atoms. The van der Waals surface area contributed by atoms with Gasteiger partial charge in [-0.3, -0.25) is 4.79 Å². The number of carbonyl (C=O) groups is 1. The minimum Gasteiger partial charge on any atom is -0.497 e. The molecule has 1 unspecified atom stereocenters. The summed E-state index contributed by atoms with van der Waals surface area (Å²) in [7, 11) is 1.54. The number of nitrogens with two attached hydrogens (primary N) is 1. The van der Waals surface area contributed by atoms with E-state index in [0.29, 0.717) is 22.0 Å². The third-order valence-corrected chi connectivity index (χ3v) is 7.18. The molecule has 41 heavy (non-hydrogen) atoms. The highest BCUT2D eigenvalue weighted by Crippen LogP contribution is 2.39. The first-order valence-corrected chi connectivity index (χ1v) is 13.2. The topological polar surface area (TPSA) is 68.5 Å². The highest BCUT2D eigenvalue weighted by atomic mass is 32.1. The van der Waals surface area contributed by atoms with E-state index in [1.54, 1.807) is 17.5 Å². The van der Waals surface area contributed by atoms with Crippen molar-refractivity contribution >= 4 is 22.9 Å². The van der Waals surface area contributed by atoms with Crippen molar-refractivity contribution in [2.45, 2.75) is 49.9 Å². The highest BCUT2D eigenvalue weighted by Gasteiger charge is 2.56. The van der Waals surface area contributed by atoms with Gasteiger partial charge < -0.3 is 15.4 Å². The van der Waals surface area contributed by atoms with Crippen LogP contribution in [0.5, 0.6) is 5.75 Å². The number of benzene rings is 2. The molecular weight excluding hydrogens is 582 g/mol. The monoisotopic (exact) mass is 609 g/mol. The van der Waals surface area contributed by atoms with Crippen LogP contribution >= 0.6 is 11.3 Å². The molecular formula is C27H27F8N3O2S. The molecule has 0 aliphatic rings. The fourth-order valence-electron chi connectivity index (χ4n) is 4.12. The summed E-state index contributed by atoms with van der Waals surface area (Å²) in [5.41, 5.74) is 7.55. The summed E-state index contributed by atoms with van der Waals surface area (Å²) in [4.78, 5) is 17.3. The number of alkyl halides is 8. The second-order valence-electron chi connectivity index (χ2n) is 9.31. The normalized spacial score (nSPS) is 13.2. The van der Waals surface area contributed by atoms with E-state index in [0.717, 1.165) is 10.5 Å². The summed E-state index contributed by atoms with van der Waals surface area (Å²) in [6.07, 6.45) is -12.9. The predicted molar refractivity (Wildman–Crippen MR) is 139 cm³/mol. The Bertz CT molecular complexity index is 1280. The average molecular weight is 610 g/mol. The zero-order valence-electron chi connectivity index (χ0n) is 21.7. The lowest BCUT2D eigenvalue weighted by Crippen LogP contribution is -2.37. The van der Waals surface area contributed by atoms with Gasteiger partial charge >= 0.3 is 18.3 Å². The van der Waals surface area contributed by atoms with E-state index < -0.39 is 56.0 Å².